The highest BCUT2D eigenvalue weighted by atomic mass is 15.4. The second kappa shape index (κ2) is 4.91. The Morgan fingerprint density at radius 2 is 2.17 bits per heavy atom. The van der Waals surface area contributed by atoms with Crippen LogP contribution in [0.4, 0.5) is 0 Å². The second-order valence-corrected chi connectivity index (χ2v) is 3.01. The van der Waals surface area contributed by atoms with Crippen LogP contribution in [0.2, 0.25) is 0 Å². The lowest BCUT2D eigenvalue weighted by Crippen LogP contribution is -2.04. The highest BCUT2D eigenvalue weighted by Gasteiger charge is 1.99. The van der Waals surface area contributed by atoms with E-state index >= 15 is 0 Å². The van der Waals surface area contributed by atoms with Crippen molar-refractivity contribution >= 4 is 0 Å². The fourth-order valence-corrected chi connectivity index (χ4v) is 1.25. The zero-order valence-electron chi connectivity index (χ0n) is 7.95. The number of aromatic nitrogens is 3. The van der Waals surface area contributed by atoms with Crippen LogP contribution >= 0.6 is 0 Å². The molecule has 0 aliphatic carbocycles. The number of aryl methyl sites for hydroxylation is 2. The molecule has 12 heavy (non-hydrogen) atoms. The third-order valence-electron chi connectivity index (χ3n) is 2.03. The van der Waals surface area contributed by atoms with Crippen LogP contribution in [0.3, 0.4) is 0 Å². The number of unbranched alkanes of at least 4 members (excludes halogenated alkanes) is 2. The van der Waals surface area contributed by atoms with Crippen molar-refractivity contribution in [1.29, 1.82) is 0 Å². The molecule has 0 N–H and O–H groups in total. The Bertz CT molecular complexity index is 217. The molecule has 3 heteroatoms. The molecule has 0 bridgehead atoms. The summed E-state index contributed by atoms with van der Waals surface area (Å²) in [6.07, 6.45) is 6.64. The normalized spacial score (nSPS) is 10.5. The van der Waals surface area contributed by atoms with Crippen molar-refractivity contribution in [2.75, 3.05) is 0 Å². The van der Waals surface area contributed by atoms with Crippen LogP contribution in [0, 0.1) is 0 Å². The van der Waals surface area contributed by atoms with Gasteiger partial charge in [0.15, 0.2) is 0 Å². The van der Waals surface area contributed by atoms with Crippen molar-refractivity contribution in [3.05, 3.63) is 11.9 Å². The lowest BCUT2D eigenvalue weighted by molar-refractivity contribution is 0.521. The van der Waals surface area contributed by atoms with Crippen molar-refractivity contribution in [2.45, 2.75) is 46.1 Å². The minimum atomic E-state index is 1.02. The van der Waals surface area contributed by atoms with Gasteiger partial charge in [0.2, 0.25) is 0 Å². The van der Waals surface area contributed by atoms with Crippen LogP contribution in [-0.2, 0) is 13.0 Å². The Labute approximate surface area is 73.8 Å². The summed E-state index contributed by atoms with van der Waals surface area (Å²) in [4.78, 5) is 0. The summed E-state index contributed by atoms with van der Waals surface area (Å²) >= 11 is 0. The Balaban J connectivity index is 2.39. The minimum Gasteiger partial charge on any atom is -0.249 e. The molecule has 1 aromatic heterocycles. The quantitative estimate of drug-likeness (QED) is 0.628. The first kappa shape index (κ1) is 9.23. The van der Waals surface area contributed by atoms with Crippen LogP contribution in [0.1, 0.15) is 38.8 Å². The Morgan fingerprint density at radius 1 is 1.33 bits per heavy atom. The topological polar surface area (TPSA) is 30.7 Å². The van der Waals surface area contributed by atoms with Gasteiger partial charge in [-0.05, 0) is 12.8 Å². The maximum absolute atomic E-state index is 4.03. The van der Waals surface area contributed by atoms with E-state index in [1.165, 1.54) is 25.0 Å². The van der Waals surface area contributed by atoms with E-state index in [4.69, 9.17) is 0 Å². The van der Waals surface area contributed by atoms with E-state index in [1.54, 1.807) is 0 Å². The van der Waals surface area contributed by atoms with Gasteiger partial charge in [-0.15, -0.1) is 5.10 Å². The third kappa shape index (κ3) is 2.32. The molecular formula is C9H17N3. The molecule has 68 valence electrons. The highest BCUT2D eigenvalue weighted by molar-refractivity contribution is 4.92. The van der Waals surface area contributed by atoms with E-state index < -0.39 is 0 Å². The van der Waals surface area contributed by atoms with E-state index in [0.29, 0.717) is 0 Å². The van der Waals surface area contributed by atoms with Gasteiger partial charge in [-0.3, -0.25) is 0 Å². The van der Waals surface area contributed by atoms with Crippen LogP contribution in [0.15, 0.2) is 6.20 Å². The van der Waals surface area contributed by atoms with Crippen LogP contribution in [0.5, 0.6) is 0 Å². The predicted octanol–water partition coefficient (Wildman–Crippen LogP) is 2.03. The molecule has 0 aliphatic rings. The molecule has 0 saturated carbocycles. The van der Waals surface area contributed by atoms with Crippen molar-refractivity contribution < 1.29 is 0 Å². The smallest absolute Gasteiger partial charge is 0.0725 e. The molecule has 1 aromatic rings. The lowest BCUT2D eigenvalue weighted by Gasteiger charge is -2.02. The number of rotatable bonds is 5. The van der Waals surface area contributed by atoms with Crippen LogP contribution < -0.4 is 0 Å². The monoisotopic (exact) mass is 167 g/mol. The largest absolute Gasteiger partial charge is 0.249 e. The molecular weight excluding hydrogens is 150 g/mol. The van der Waals surface area contributed by atoms with Gasteiger partial charge in [0.05, 0.1) is 11.9 Å². The molecule has 0 amide bonds. The SMILES string of the molecule is CCCCCn1nncc1CC. The summed E-state index contributed by atoms with van der Waals surface area (Å²) < 4.78 is 2.01. The van der Waals surface area contributed by atoms with E-state index in [0.717, 1.165) is 13.0 Å². The zero-order valence-corrected chi connectivity index (χ0v) is 7.95. The van der Waals surface area contributed by atoms with Gasteiger partial charge in [0.1, 0.15) is 0 Å². The molecule has 0 unspecified atom stereocenters. The standard InChI is InChI=1S/C9H17N3/c1-3-5-6-7-12-9(4-2)8-10-11-12/h8H,3-7H2,1-2H3. The second-order valence-electron chi connectivity index (χ2n) is 3.01. The van der Waals surface area contributed by atoms with Crippen molar-refractivity contribution in [1.82, 2.24) is 15.0 Å². The third-order valence-corrected chi connectivity index (χ3v) is 2.03. The van der Waals surface area contributed by atoms with E-state index in [2.05, 4.69) is 24.2 Å². The molecule has 0 aliphatic heterocycles. The summed E-state index contributed by atoms with van der Waals surface area (Å²) in [5.74, 6) is 0. The van der Waals surface area contributed by atoms with E-state index in [-0.39, 0.29) is 0 Å². The lowest BCUT2D eigenvalue weighted by atomic mass is 10.2. The average Bonchev–Trinajstić information content (AvgIpc) is 2.52. The fourth-order valence-electron chi connectivity index (χ4n) is 1.25. The number of hydrogen-bond acceptors (Lipinski definition) is 2. The first-order valence-corrected chi connectivity index (χ1v) is 4.75. The highest BCUT2D eigenvalue weighted by Crippen LogP contribution is 2.01. The molecule has 0 atom stereocenters. The average molecular weight is 167 g/mol. The van der Waals surface area contributed by atoms with Gasteiger partial charge in [-0.1, -0.05) is 31.9 Å². The molecule has 0 aromatic carbocycles. The summed E-state index contributed by atoms with van der Waals surface area (Å²) in [7, 11) is 0. The Morgan fingerprint density at radius 3 is 2.83 bits per heavy atom. The van der Waals surface area contributed by atoms with Crippen molar-refractivity contribution in [3.8, 4) is 0 Å². The van der Waals surface area contributed by atoms with Crippen LogP contribution in [0.25, 0.3) is 0 Å². The zero-order chi connectivity index (χ0) is 8.81. The molecule has 0 radical (unpaired) electrons. The Kier molecular flexibility index (Phi) is 3.77. The van der Waals surface area contributed by atoms with Gasteiger partial charge in [0, 0.05) is 6.54 Å². The first-order valence-electron chi connectivity index (χ1n) is 4.75. The minimum absolute atomic E-state index is 1.02. The van der Waals surface area contributed by atoms with Crippen molar-refractivity contribution in [3.63, 3.8) is 0 Å². The molecule has 0 saturated heterocycles. The molecule has 0 spiro atoms. The van der Waals surface area contributed by atoms with Gasteiger partial charge < -0.3 is 0 Å². The summed E-state index contributed by atoms with van der Waals surface area (Å²) in [5.41, 5.74) is 1.24. The number of hydrogen-bond donors (Lipinski definition) is 0. The van der Waals surface area contributed by atoms with Gasteiger partial charge in [-0.2, -0.15) is 0 Å². The fraction of sp³-hybridized carbons (Fsp3) is 0.778. The van der Waals surface area contributed by atoms with Gasteiger partial charge in [-0.25, -0.2) is 4.68 Å². The van der Waals surface area contributed by atoms with Crippen molar-refractivity contribution in [2.24, 2.45) is 0 Å². The van der Waals surface area contributed by atoms with E-state index in [9.17, 15) is 0 Å². The van der Waals surface area contributed by atoms with Gasteiger partial charge in [0.25, 0.3) is 0 Å². The molecule has 0 fully saturated rings. The van der Waals surface area contributed by atoms with Gasteiger partial charge >= 0.3 is 0 Å². The predicted molar refractivity (Wildman–Crippen MR) is 48.9 cm³/mol. The summed E-state index contributed by atoms with van der Waals surface area (Å²) in [5, 5.41) is 7.91. The molecule has 1 heterocycles. The summed E-state index contributed by atoms with van der Waals surface area (Å²) in [6.45, 7) is 5.37. The van der Waals surface area contributed by atoms with Crippen LogP contribution in [-0.4, -0.2) is 15.0 Å². The van der Waals surface area contributed by atoms with E-state index in [1.807, 2.05) is 10.9 Å². The maximum Gasteiger partial charge on any atom is 0.0725 e. The molecule has 3 nitrogen and oxygen atoms in total. The number of nitrogens with zero attached hydrogens (tertiary/aromatic N) is 3. The maximum atomic E-state index is 4.03. The Hall–Kier alpha value is -0.860. The molecule has 1 rings (SSSR count). The first-order chi connectivity index (χ1) is 5.88. The summed E-state index contributed by atoms with van der Waals surface area (Å²) in [6, 6.07) is 0.